The normalized spacial score (nSPS) is 21.8. The molecule has 1 fully saturated rings. The van der Waals surface area contributed by atoms with Crippen molar-refractivity contribution in [3.05, 3.63) is 0 Å². The van der Waals surface area contributed by atoms with Crippen LogP contribution in [0.2, 0.25) is 0 Å². The first-order valence-corrected chi connectivity index (χ1v) is 9.12. The van der Waals surface area contributed by atoms with Gasteiger partial charge in [0.25, 0.3) is 0 Å². The molecule has 2 unspecified atom stereocenters. The molecule has 0 aromatic rings. The van der Waals surface area contributed by atoms with Gasteiger partial charge in [0.2, 0.25) is 0 Å². The standard InChI is InChI=1S/C18H36N2O2/c1-5-6-7-8-9-13-19-16-12-10-11-15(16)14-20-17(21)22-18(2,3)4/h15-16,19H,5-14H2,1-4H3,(H,20,21). The first-order chi connectivity index (χ1) is 10.4. The number of carbonyl (C=O) groups is 1. The van der Waals surface area contributed by atoms with Crippen molar-refractivity contribution in [3.8, 4) is 0 Å². The van der Waals surface area contributed by atoms with Crippen LogP contribution in [0.5, 0.6) is 0 Å². The maximum absolute atomic E-state index is 11.7. The van der Waals surface area contributed by atoms with Gasteiger partial charge >= 0.3 is 6.09 Å². The summed E-state index contributed by atoms with van der Waals surface area (Å²) in [5.41, 5.74) is -0.421. The summed E-state index contributed by atoms with van der Waals surface area (Å²) in [6.07, 6.45) is 9.99. The lowest BCUT2D eigenvalue weighted by molar-refractivity contribution is 0.0517. The van der Waals surface area contributed by atoms with Crippen molar-refractivity contribution >= 4 is 6.09 Å². The number of rotatable bonds is 9. The smallest absolute Gasteiger partial charge is 0.407 e. The highest BCUT2D eigenvalue weighted by molar-refractivity contribution is 5.67. The van der Waals surface area contributed by atoms with Crippen molar-refractivity contribution in [2.75, 3.05) is 13.1 Å². The predicted molar refractivity (Wildman–Crippen MR) is 92.1 cm³/mol. The molecule has 2 N–H and O–H groups in total. The van der Waals surface area contributed by atoms with Gasteiger partial charge in [-0.3, -0.25) is 0 Å². The van der Waals surface area contributed by atoms with Gasteiger partial charge in [0, 0.05) is 12.6 Å². The van der Waals surface area contributed by atoms with E-state index in [1.807, 2.05) is 20.8 Å². The summed E-state index contributed by atoms with van der Waals surface area (Å²) in [7, 11) is 0. The molecule has 1 saturated carbocycles. The van der Waals surface area contributed by atoms with Crippen LogP contribution in [0, 0.1) is 5.92 Å². The fourth-order valence-electron chi connectivity index (χ4n) is 3.09. The van der Waals surface area contributed by atoms with E-state index in [4.69, 9.17) is 4.74 Å². The Bertz CT molecular complexity index is 313. The van der Waals surface area contributed by atoms with E-state index in [0.717, 1.165) is 13.1 Å². The number of carbonyl (C=O) groups excluding carboxylic acids is 1. The van der Waals surface area contributed by atoms with Gasteiger partial charge in [-0.05, 0) is 52.5 Å². The topological polar surface area (TPSA) is 50.4 Å². The number of hydrogen-bond donors (Lipinski definition) is 2. The lowest BCUT2D eigenvalue weighted by Crippen LogP contribution is -2.41. The minimum atomic E-state index is -0.421. The number of alkyl carbamates (subject to hydrolysis) is 1. The lowest BCUT2D eigenvalue weighted by Gasteiger charge is -2.23. The number of nitrogens with one attached hydrogen (secondary N) is 2. The summed E-state index contributed by atoms with van der Waals surface area (Å²) >= 11 is 0. The quantitative estimate of drug-likeness (QED) is 0.626. The second kappa shape index (κ2) is 10.1. The molecule has 2 atom stereocenters. The van der Waals surface area contributed by atoms with E-state index in [2.05, 4.69) is 17.6 Å². The van der Waals surface area contributed by atoms with Crippen LogP contribution in [-0.4, -0.2) is 30.8 Å². The van der Waals surface area contributed by atoms with E-state index in [-0.39, 0.29) is 6.09 Å². The van der Waals surface area contributed by atoms with Crippen LogP contribution in [-0.2, 0) is 4.74 Å². The molecular formula is C18H36N2O2. The summed E-state index contributed by atoms with van der Waals surface area (Å²) in [5.74, 6) is 0.545. The van der Waals surface area contributed by atoms with Crippen LogP contribution in [0.3, 0.4) is 0 Å². The molecule has 22 heavy (non-hydrogen) atoms. The third kappa shape index (κ3) is 8.62. The predicted octanol–water partition coefficient (Wildman–Crippen LogP) is 4.24. The van der Waals surface area contributed by atoms with E-state index in [9.17, 15) is 4.79 Å². The van der Waals surface area contributed by atoms with E-state index in [0.29, 0.717) is 12.0 Å². The lowest BCUT2D eigenvalue weighted by atomic mass is 10.0. The third-order valence-corrected chi connectivity index (χ3v) is 4.25. The van der Waals surface area contributed by atoms with Crippen LogP contribution in [0.25, 0.3) is 0 Å². The van der Waals surface area contributed by atoms with Gasteiger partial charge < -0.3 is 15.4 Å². The molecule has 4 heteroatoms. The van der Waals surface area contributed by atoms with E-state index in [1.165, 1.54) is 51.4 Å². The SMILES string of the molecule is CCCCCCCNC1CCCC1CNC(=O)OC(C)(C)C. The molecule has 0 aliphatic heterocycles. The fourth-order valence-corrected chi connectivity index (χ4v) is 3.09. The maximum Gasteiger partial charge on any atom is 0.407 e. The minimum Gasteiger partial charge on any atom is -0.444 e. The van der Waals surface area contributed by atoms with Gasteiger partial charge in [0.05, 0.1) is 0 Å². The van der Waals surface area contributed by atoms with Gasteiger partial charge in [0.15, 0.2) is 0 Å². The molecule has 0 aromatic carbocycles. The summed E-state index contributed by atoms with van der Waals surface area (Å²) in [6, 6.07) is 0.557. The molecule has 0 spiro atoms. The highest BCUT2D eigenvalue weighted by Crippen LogP contribution is 2.25. The third-order valence-electron chi connectivity index (χ3n) is 4.25. The van der Waals surface area contributed by atoms with Crippen molar-refractivity contribution in [1.29, 1.82) is 0 Å². The molecule has 1 aliphatic carbocycles. The Labute approximate surface area is 136 Å². The highest BCUT2D eigenvalue weighted by atomic mass is 16.6. The van der Waals surface area contributed by atoms with Gasteiger partial charge in [-0.2, -0.15) is 0 Å². The van der Waals surface area contributed by atoms with Crippen molar-refractivity contribution < 1.29 is 9.53 Å². The van der Waals surface area contributed by atoms with Crippen molar-refractivity contribution in [2.45, 2.75) is 90.7 Å². The molecule has 0 bridgehead atoms. The zero-order valence-electron chi connectivity index (χ0n) is 15.0. The van der Waals surface area contributed by atoms with Gasteiger partial charge in [0.1, 0.15) is 5.60 Å². The zero-order valence-corrected chi connectivity index (χ0v) is 15.0. The second-order valence-electron chi connectivity index (χ2n) is 7.55. The van der Waals surface area contributed by atoms with E-state index >= 15 is 0 Å². The number of hydrogen-bond acceptors (Lipinski definition) is 3. The van der Waals surface area contributed by atoms with Crippen molar-refractivity contribution in [1.82, 2.24) is 10.6 Å². The molecule has 0 saturated heterocycles. The first-order valence-electron chi connectivity index (χ1n) is 9.12. The summed E-state index contributed by atoms with van der Waals surface area (Å²) < 4.78 is 5.30. The molecule has 130 valence electrons. The zero-order chi connectivity index (χ0) is 16.4. The Morgan fingerprint density at radius 2 is 1.86 bits per heavy atom. The van der Waals surface area contributed by atoms with Gasteiger partial charge in [-0.1, -0.05) is 39.0 Å². The fraction of sp³-hybridized carbons (Fsp3) is 0.944. The van der Waals surface area contributed by atoms with Gasteiger partial charge in [-0.15, -0.1) is 0 Å². The second-order valence-corrected chi connectivity index (χ2v) is 7.55. The van der Waals surface area contributed by atoms with Crippen molar-refractivity contribution in [2.24, 2.45) is 5.92 Å². The Hall–Kier alpha value is -0.770. The van der Waals surface area contributed by atoms with Crippen LogP contribution in [0.1, 0.15) is 79.1 Å². The Morgan fingerprint density at radius 3 is 2.55 bits per heavy atom. The van der Waals surface area contributed by atoms with Crippen LogP contribution >= 0.6 is 0 Å². The average molecular weight is 312 g/mol. The molecule has 1 amide bonds. The van der Waals surface area contributed by atoms with E-state index in [1.54, 1.807) is 0 Å². The molecular weight excluding hydrogens is 276 g/mol. The average Bonchev–Trinajstić information content (AvgIpc) is 2.86. The minimum absolute atomic E-state index is 0.294. The van der Waals surface area contributed by atoms with Crippen LogP contribution < -0.4 is 10.6 Å². The molecule has 1 aliphatic rings. The molecule has 0 aromatic heterocycles. The molecule has 4 nitrogen and oxygen atoms in total. The summed E-state index contributed by atoms with van der Waals surface area (Å²) in [4.78, 5) is 11.7. The Balaban J connectivity index is 2.16. The molecule has 0 radical (unpaired) electrons. The first kappa shape index (κ1) is 19.3. The maximum atomic E-state index is 11.7. The van der Waals surface area contributed by atoms with Crippen molar-refractivity contribution in [3.63, 3.8) is 0 Å². The summed E-state index contributed by atoms with van der Waals surface area (Å²) in [5, 5.41) is 6.62. The number of ether oxygens (including phenoxy) is 1. The highest BCUT2D eigenvalue weighted by Gasteiger charge is 2.27. The Morgan fingerprint density at radius 1 is 1.14 bits per heavy atom. The molecule has 0 heterocycles. The largest absolute Gasteiger partial charge is 0.444 e. The Kier molecular flexibility index (Phi) is 8.84. The molecule has 1 rings (SSSR count). The van der Waals surface area contributed by atoms with Crippen LogP contribution in [0.15, 0.2) is 0 Å². The van der Waals surface area contributed by atoms with E-state index < -0.39 is 5.60 Å². The van der Waals surface area contributed by atoms with Crippen LogP contribution in [0.4, 0.5) is 4.79 Å². The number of unbranched alkanes of at least 4 members (excludes halogenated alkanes) is 4. The number of amides is 1. The van der Waals surface area contributed by atoms with Gasteiger partial charge in [-0.25, -0.2) is 4.79 Å². The summed E-state index contributed by atoms with van der Waals surface area (Å²) in [6.45, 7) is 9.76. The monoisotopic (exact) mass is 312 g/mol.